The first kappa shape index (κ1) is 17.6. The number of hydrogen-bond donors (Lipinski definition) is 2. The summed E-state index contributed by atoms with van der Waals surface area (Å²) in [6, 6.07) is 7.66. The standard InChI is InChI=1S/C16H28N4O/c1-19(2)10-6-11-20(3)12-9-16(21)18-15-8-5-4-7-14(15)13-17/h4-5,7-8H,6,9-13,17H2,1-3H3,(H,18,21). The van der Waals surface area contributed by atoms with Crippen LogP contribution in [0.15, 0.2) is 24.3 Å². The molecule has 0 fully saturated rings. The fraction of sp³-hybridized carbons (Fsp3) is 0.562. The number of carbonyl (C=O) groups is 1. The van der Waals surface area contributed by atoms with Gasteiger partial charge in [0.2, 0.25) is 5.91 Å². The first-order valence-corrected chi connectivity index (χ1v) is 7.44. The van der Waals surface area contributed by atoms with Crippen molar-refractivity contribution in [2.75, 3.05) is 46.1 Å². The maximum atomic E-state index is 12.0. The van der Waals surface area contributed by atoms with E-state index in [1.54, 1.807) is 0 Å². The highest BCUT2D eigenvalue weighted by molar-refractivity contribution is 5.91. The molecule has 1 aromatic carbocycles. The fourth-order valence-corrected chi connectivity index (χ4v) is 2.09. The Balaban J connectivity index is 2.30. The summed E-state index contributed by atoms with van der Waals surface area (Å²) in [6.45, 7) is 3.27. The molecule has 0 aliphatic rings. The zero-order chi connectivity index (χ0) is 15.7. The summed E-state index contributed by atoms with van der Waals surface area (Å²) in [5.74, 6) is 0.0374. The van der Waals surface area contributed by atoms with Gasteiger partial charge in [0.25, 0.3) is 0 Å². The molecule has 1 rings (SSSR count). The minimum Gasteiger partial charge on any atom is -0.326 e. The summed E-state index contributed by atoms with van der Waals surface area (Å²) in [4.78, 5) is 16.3. The van der Waals surface area contributed by atoms with Crippen LogP contribution in [0.1, 0.15) is 18.4 Å². The van der Waals surface area contributed by atoms with Crippen molar-refractivity contribution in [1.82, 2.24) is 9.80 Å². The van der Waals surface area contributed by atoms with Gasteiger partial charge in [-0.25, -0.2) is 0 Å². The lowest BCUT2D eigenvalue weighted by atomic mass is 10.1. The number of rotatable bonds is 9. The van der Waals surface area contributed by atoms with E-state index in [0.29, 0.717) is 13.0 Å². The molecule has 5 heteroatoms. The third-order valence-corrected chi connectivity index (χ3v) is 3.38. The summed E-state index contributed by atoms with van der Waals surface area (Å²) in [5, 5.41) is 2.94. The number of para-hydroxylation sites is 1. The van der Waals surface area contributed by atoms with E-state index in [4.69, 9.17) is 5.73 Å². The summed E-state index contributed by atoms with van der Waals surface area (Å²) in [5.41, 5.74) is 7.45. The molecule has 0 saturated carbocycles. The number of benzene rings is 1. The largest absolute Gasteiger partial charge is 0.326 e. The number of hydrogen-bond acceptors (Lipinski definition) is 4. The number of anilines is 1. The first-order chi connectivity index (χ1) is 10.0. The molecule has 5 nitrogen and oxygen atoms in total. The molecule has 1 amide bonds. The molecular weight excluding hydrogens is 264 g/mol. The number of nitrogens with two attached hydrogens (primary N) is 1. The minimum absolute atomic E-state index is 0.0374. The van der Waals surface area contributed by atoms with Crippen LogP contribution < -0.4 is 11.1 Å². The summed E-state index contributed by atoms with van der Waals surface area (Å²) in [6.07, 6.45) is 1.61. The van der Waals surface area contributed by atoms with Gasteiger partial charge in [0.15, 0.2) is 0 Å². The maximum absolute atomic E-state index is 12.0. The van der Waals surface area contributed by atoms with Crippen molar-refractivity contribution in [2.24, 2.45) is 5.73 Å². The topological polar surface area (TPSA) is 61.6 Å². The van der Waals surface area contributed by atoms with Gasteiger partial charge in [-0.1, -0.05) is 18.2 Å². The van der Waals surface area contributed by atoms with Gasteiger partial charge >= 0.3 is 0 Å². The van der Waals surface area contributed by atoms with Crippen molar-refractivity contribution in [3.8, 4) is 0 Å². The summed E-state index contributed by atoms with van der Waals surface area (Å²) in [7, 11) is 6.20. The lowest BCUT2D eigenvalue weighted by Crippen LogP contribution is -2.27. The third-order valence-electron chi connectivity index (χ3n) is 3.38. The van der Waals surface area contributed by atoms with E-state index in [-0.39, 0.29) is 5.91 Å². The van der Waals surface area contributed by atoms with Gasteiger partial charge < -0.3 is 20.9 Å². The van der Waals surface area contributed by atoms with Crippen LogP contribution in [0.5, 0.6) is 0 Å². The van der Waals surface area contributed by atoms with Crippen molar-refractivity contribution in [2.45, 2.75) is 19.4 Å². The Hall–Kier alpha value is -1.43. The highest BCUT2D eigenvalue weighted by atomic mass is 16.1. The van der Waals surface area contributed by atoms with Crippen LogP contribution in [0.2, 0.25) is 0 Å². The molecular formula is C16H28N4O. The molecule has 0 atom stereocenters. The molecule has 0 unspecified atom stereocenters. The van der Waals surface area contributed by atoms with E-state index in [1.165, 1.54) is 0 Å². The Labute approximate surface area is 128 Å². The Bertz CT molecular complexity index is 434. The number of nitrogens with one attached hydrogen (secondary N) is 1. The summed E-state index contributed by atoms with van der Waals surface area (Å²) >= 11 is 0. The highest BCUT2D eigenvalue weighted by Gasteiger charge is 2.07. The summed E-state index contributed by atoms with van der Waals surface area (Å²) < 4.78 is 0. The SMILES string of the molecule is CN(C)CCCN(C)CCC(=O)Nc1ccccc1CN. The molecule has 0 aliphatic carbocycles. The monoisotopic (exact) mass is 292 g/mol. The van der Waals surface area contributed by atoms with Crippen molar-refractivity contribution in [3.63, 3.8) is 0 Å². The van der Waals surface area contributed by atoms with Gasteiger partial charge in [-0.2, -0.15) is 0 Å². The Morgan fingerprint density at radius 2 is 1.86 bits per heavy atom. The second-order valence-electron chi connectivity index (χ2n) is 5.62. The lowest BCUT2D eigenvalue weighted by molar-refractivity contribution is -0.116. The van der Waals surface area contributed by atoms with Crippen molar-refractivity contribution in [3.05, 3.63) is 29.8 Å². The highest BCUT2D eigenvalue weighted by Crippen LogP contribution is 2.14. The molecule has 0 aliphatic heterocycles. The molecule has 3 N–H and O–H groups in total. The second-order valence-corrected chi connectivity index (χ2v) is 5.62. The smallest absolute Gasteiger partial charge is 0.225 e. The van der Waals surface area contributed by atoms with E-state index >= 15 is 0 Å². The van der Waals surface area contributed by atoms with Gasteiger partial charge in [0.05, 0.1) is 0 Å². The second kappa shape index (κ2) is 9.50. The quantitative estimate of drug-likeness (QED) is 0.721. The van der Waals surface area contributed by atoms with Crippen LogP contribution >= 0.6 is 0 Å². The molecule has 118 valence electrons. The predicted molar refractivity (Wildman–Crippen MR) is 88.2 cm³/mol. The fourth-order valence-electron chi connectivity index (χ4n) is 2.09. The maximum Gasteiger partial charge on any atom is 0.225 e. The van der Waals surface area contributed by atoms with E-state index < -0.39 is 0 Å². The molecule has 0 saturated heterocycles. The van der Waals surface area contributed by atoms with Crippen molar-refractivity contribution in [1.29, 1.82) is 0 Å². The molecule has 1 aromatic rings. The van der Waals surface area contributed by atoms with Crippen LogP contribution in [-0.2, 0) is 11.3 Å². The number of carbonyl (C=O) groups excluding carboxylic acids is 1. The normalized spacial score (nSPS) is 11.1. The van der Waals surface area contributed by atoms with Crippen molar-refractivity contribution < 1.29 is 4.79 Å². The van der Waals surface area contributed by atoms with E-state index in [0.717, 1.165) is 37.3 Å². The molecule has 21 heavy (non-hydrogen) atoms. The third kappa shape index (κ3) is 7.22. The van der Waals surface area contributed by atoms with Crippen LogP contribution in [0.4, 0.5) is 5.69 Å². The zero-order valence-electron chi connectivity index (χ0n) is 13.4. The van der Waals surface area contributed by atoms with Gasteiger partial charge in [-0.05, 0) is 52.3 Å². The lowest BCUT2D eigenvalue weighted by Gasteiger charge is -2.18. The van der Waals surface area contributed by atoms with Gasteiger partial charge in [-0.15, -0.1) is 0 Å². The van der Waals surface area contributed by atoms with Gasteiger partial charge in [0, 0.05) is 25.2 Å². The molecule has 0 spiro atoms. The average molecular weight is 292 g/mol. The van der Waals surface area contributed by atoms with Crippen molar-refractivity contribution >= 4 is 11.6 Å². The minimum atomic E-state index is 0.0374. The molecule has 0 aromatic heterocycles. The molecule has 0 radical (unpaired) electrons. The Kier molecular flexibility index (Phi) is 7.97. The van der Waals surface area contributed by atoms with E-state index in [2.05, 4.69) is 36.3 Å². The predicted octanol–water partition coefficient (Wildman–Crippen LogP) is 1.36. The number of nitrogens with zero attached hydrogens (tertiary/aromatic N) is 2. The van der Waals surface area contributed by atoms with Crippen LogP contribution in [0.25, 0.3) is 0 Å². The van der Waals surface area contributed by atoms with E-state index in [1.807, 2.05) is 24.3 Å². The Morgan fingerprint density at radius 1 is 1.14 bits per heavy atom. The first-order valence-electron chi connectivity index (χ1n) is 7.44. The molecule has 0 bridgehead atoms. The van der Waals surface area contributed by atoms with Crippen LogP contribution in [0.3, 0.4) is 0 Å². The van der Waals surface area contributed by atoms with Crippen LogP contribution in [-0.4, -0.2) is 56.5 Å². The van der Waals surface area contributed by atoms with Gasteiger partial charge in [-0.3, -0.25) is 4.79 Å². The van der Waals surface area contributed by atoms with Crippen LogP contribution in [0, 0.1) is 0 Å². The zero-order valence-corrected chi connectivity index (χ0v) is 13.4. The Morgan fingerprint density at radius 3 is 2.52 bits per heavy atom. The molecule has 0 heterocycles. The van der Waals surface area contributed by atoms with Gasteiger partial charge in [0.1, 0.15) is 0 Å². The van der Waals surface area contributed by atoms with E-state index in [9.17, 15) is 4.79 Å². The average Bonchev–Trinajstić information content (AvgIpc) is 2.45. The number of amides is 1.